The fourth-order valence-electron chi connectivity index (χ4n) is 1.57. The summed E-state index contributed by atoms with van der Waals surface area (Å²) in [7, 11) is 3.73. The standard InChI is InChI=1S/C11H14N4O/c1-14-7-10(12-8-14)11(16)4-3-9-5-6-13-15(9)2/h5-8H,3-4H2,1-2H3. The number of Topliss-reactive ketones (excluding diaryl/α,β-unsaturated/α-hetero) is 1. The van der Waals surface area contributed by atoms with Crippen LogP contribution >= 0.6 is 0 Å². The van der Waals surface area contributed by atoms with E-state index >= 15 is 0 Å². The summed E-state index contributed by atoms with van der Waals surface area (Å²) >= 11 is 0. The van der Waals surface area contributed by atoms with Crippen LogP contribution in [0.15, 0.2) is 24.8 Å². The van der Waals surface area contributed by atoms with Crippen molar-refractivity contribution in [1.29, 1.82) is 0 Å². The number of carbonyl (C=O) groups excluding carboxylic acids is 1. The molecule has 0 saturated heterocycles. The summed E-state index contributed by atoms with van der Waals surface area (Å²) in [6.45, 7) is 0. The number of hydrogen-bond donors (Lipinski definition) is 0. The largest absolute Gasteiger partial charge is 0.340 e. The first-order valence-corrected chi connectivity index (χ1v) is 5.15. The van der Waals surface area contributed by atoms with Gasteiger partial charge in [0, 0.05) is 38.6 Å². The fourth-order valence-corrected chi connectivity index (χ4v) is 1.57. The lowest BCUT2D eigenvalue weighted by Gasteiger charge is -1.99. The zero-order valence-electron chi connectivity index (χ0n) is 9.42. The van der Waals surface area contributed by atoms with Crippen LogP contribution < -0.4 is 0 Å². The summed E-state index contributed by atoms with van der Waals surface area (Å²) in [6.07, 6.45) is 6.28. The predicted octanol–water partition coefficient (Wildman–Crippen LogP) is 0.969. The third-order valence-electron chi connectivity index (χ3n) is 2.52. The van der Waals surface area contributed by atoms with Crippen LogP contribution in [0.2, 0.25) is 0 Å². The topological polar surface area (TPSA) is 52.7 Å². The number of aromatic nitrogens is 4. The van der Waals surface area contributed by atoms with Crippen molar-refractivity contribution in [2.45, 2.75) is 12.8 Å². The molecule has 2 heterocycles. The summed E-state index contributed by atoms with van der Waals surface area (Å²) in [5.74, 6) is 0.0711. The van der Waals surface area contributed by atoms with Crippen molar-refractivity contribution in [1.82, 2.24) is 19.3 Å². The second-order valence-corrected chi connectivity index (χ2v) is 3.79. The molecule has 0 bridgehead atoms. The molecule has 0 aliphatic heterocycles. The Labute approximate surface area is 93.7 Å². The first-order valence-electron chi connectivity index (χ1n) is 5.15. The lowest BCUT2D eigenvalue weighted by atomic mass is 10.1. The van der Waals surface area contributed by atoms with Gasteiger partial charge in [-0.3, -0.25) is 9.48 Å². The molecule has 2 aromatic rings. The molecular weight excluding hydrogens is 204 g/mol. The molecular formula is C11H14N4O. The lowest BCUT2D eigenvalue weighted by Crippen LogP contribution is -2.05. The van der Waals surface area contributed by atoms with E-state index in [1.807, 2.05) is 20.2 Å². The van der Waals surface area contributed by atoms with Gasteiger partial charge in [0.2, 0.25) is 0 Å². The smallest absolute Gasteiger partial charge is 0.183 e. The third-order valence-corrected chi connectivity index (χ3v) is 2.52. The van der Waals surface area contributed by atoms with E-state index in [0.717, 1.165) is 5.69 Å². The minimum Gasteiger partial charge on any atom is -0.340 e. The minimum atomic E-state index is 0.0711. The third kappa shape index (κ3) is 2.18. The highest BCUT2D eigenvalue weighted by molar-refractivity contribution is 5.94. The van der Waals surface area contributed by atoms with Gasteiger partial charge >= 0.3 is 0 Å². The molecule has 0 radical (unpaired) electrons. The Hall–Kier alpha value is -1.91. The number of ketones is 1. The molecule has 0 atom stereocenters. The highest BCUT2D eigenvalue weighted by Gasteiger charge is 2.09. The van der Waals surface area contributed by atoms with Gasteiger partial charge in [0.05, 0.1) is 6.33 Å². The lowest BCUT2D eigenvalue weighted by molar-refractivity contribution is 0.0978. The average molecular weight is 218 g/mol. The molecule has 2 rings (SSSR count). The fraction of sp³-hybridized carbons (Fsp3) is 0.364. The average Bonchev–Trinajstić information content (AvgIpc) is 2.84. The van der Waals surface area contributed by atoms with Crippen LogP contribution in [0.4, 0.5) is 0 Å². The summed E-state index contributed by atoms with van der Waals surface area (Å²) in [4.78, 5) is 15.8. The van der Waals surface area contributed by atoms with Crippen molar-refractivity contribution in [2.24, 2.45) is 14.1 Å². The van der Waals surface area contributed by atoms with Crippen molar-refractivity contribution >= 4 is 5.78 Å². The Bertz CT molecular complexity index is 498. The van der Waals surface area contributed by atoms with Crippen LogP contribution in [0.3, 0.4) is 0 Å². The SMILES string of the molecule is Cn1cnc(C(=O)CCc2ccnn2C)c1. The van der Waals surface area contributed by atoms with Crippen LogP contribution in [0.5, 0.6) is 0 Å². The number of hydrogen-bond acceptors (Lipinski definition) is 3. The van der Waals surface area contributed by atoms with Gasteiger partial charge in [-0.15, -0.1) is 0 Å². The Morgan fingerprint density at radius 1 is 1.44 bits per heavy atom. The summed E-state index contributed by atoms with van der Waals surface area (Å²) in [5, 5.41) is 4.06. The van der Waals surface area contributed by atoms with Gasteiger partial charge in [0.25, 0.3) is 0 Å². The van der Waals surface area contributed by atoms with Crippen molar-refractivity contribution in [3.63, 3.8) is 0 Å². The maximum atomic E-state index is 11.8. The molecule has 0 saturated carbocycles. The van der Waals surface area contributed by atoms with Crippen LogP contribution in [-0.2, 0) is 20.5 Å². The molecule has 2 aromatic heterocycles. The number of rotatable bonds is 4. The van der Waals surface area contributed by atoms with Crippen LogP contribution in [0, 0.1) is 0 Å². The molecule has 84 valence electrons. The minimum absolute atomic E-state index is 0.0711. The van der Waals surface area contributed by atoms with Crippen LogP contribution in [0.25, 0.3) is 0 Å². The zero-order valence-corrected chi connectivity index (χ0v) is 9.42. The number of imidazole rings is 1. The molecule has 5 nitrogen and oxygen atoms in total. The van der Waals surface area contributed by atoms with E-state index in [9.17, 15) is 4.79 Å². The van der Waals surface area contributed by atoms with Crippen LogP contribution in [0.1, 0.15) is 22.6 Å². The highest BCUT2D eigenvalue weighted by atomic mass is 16.1. The Kier molecular flexibility index (Phi) is 2.85. The molecule has 0 unspecified atom stereocenters. The second-order valence-electron chi connectivity index (χ2n) is 3.79. The summed E-state index contributed by atoms with van der Waals surface area (Å²) < 4.78 is 3.56. The van der Waals surface area contributed by atoms with Gasteiger partial charge in [-0.1, -0.05) is 0 Å². The molecule has 0 aliphatic carbocycles. The van der Waals surface area contributed by atoms with E-state index in [1.54, 1.807) is 28.0 Å². The normalized spacial score (nSPS) is 10.6. The van der Waals surface area contributed by atoms with Crippen molar-refractivity contribution in [2.75, 3.05) is 0 Å². The second kappa shape index (κ2) is 4.30. The van der Waals surface area contributed by atoms with E-state index in [0.29, 0.717) is 18.5 Å². The quantitative estimate of drug-likeness (QED) is 0.718. The van der Waals surface area contributed by atoms with Gasteiger partial charge in [-0.2, -0.15) is 5.10 Å². The Morgan fingerprint density at radius 3 is 2.81 bits per heavy atom. The van der Waals surface area contributed by atoms with Gasteiger partial charge in [0.1, 0.15) is 5.69 Å². The van der Waals surface area contributed by atoms with E-state index in [-0.39, 0.29) is 5.78 Å². The summed E-state index contributed by atoms with van der Waals surface area (Å²) in [6, 6.07) is 1.92. The molecule has 0 amide bonds. The molecule has 0 aliphatic rings. The van der Waals surface area contributed by atoms with E-state index < -0.39 is 0 Å². The first kappa shape index (κ1) is 10.6. The van der Waals surface area contributed by atoms with Gasteiger partial charge < -0.3 is 4.57 Å². The van der Waals surface area contributed by atoms with E-state index in [4.69, 9.17) is 0 Å². The molecule has 16 heavy (non-hydrogen) atoms. The predicted molar refractivity (Wildman–Crippen MR) is 59.1 cm³/mol. The monoisotopic (exact) mass is 218 g/mol. The molecule has 0 N–H and O–H groups in total. The van der Waals surface area contributed by atoms with Gasteiger partial charge in [0.15, 0.2) is 5.78 Å². The van der Waals surface area contributed by atoms with Crippen molar-refractivity contribution in [3.8, 4) is 0 Å². The van der Waals surface area contributed by atoms with E-state index in [2.05, 4.69) is 10.1 Å². The maximum Gasteiger partial charge on any atom is 0.183 e. The zero-order chi connectivity index (χ0) is 11.5. The van der Waals surface area contributed by atoms with Crippen LogP contribution in [-0.4, -0.2) is 25.1 Å². The number of carbonyl (C=O) groups is 1. The maximum absolute atomic E-state index is 11.8. The molecule has 0 fully saturated rings. The Balaban J connectivity index is 1.96. The molecule has 0 aromatic carbocycles. The summed E-state index contributed by atoms with van der Waals surface area (Å²) in [5.41, 5.74) is 1.59. The van der Waals surface area contributed by atoms with Gasteiger partial charge in [-0.25, -0.2) is 4.98 Å². The number of aryl methyl sites for hydroxylation is 3. The van der Waals surface area contributed by atoms with Crippen molar-refractivity contribution in [3.05, 3.63) is 36.2 Å². The first-order chi connectivity index (χ1) is 7.66. The Morgan fingerprint density at radius 2 is 2.25 bits per heavy atom. The van der Waals surface area contributed by atoms with Gasteiger partial charge in [-0.05, 0) is 12.5 Å². The van der Waals surface area contributed by atoms with Crippen molar-refractivity contribution < 1.29 is 4.79 Å². The van der Waals surface area contributed by atoms with E-state index in [1.165, 1.54) is 0 Å². The number of nitrogens with zero attached hydrogens (tertiary/aromatic N) is 4. The highest BCUT2D eigenvalue weighted by Crippen LogP contribution is 2.05. The molecule has 5 heteroatoms. The molecule has 0 spiro atoms.